The van der Waals surface area contributed by atoms with Crippen LogP contribution in [0.25, 0.3) is 11.1 Å². The molecule has 2 atom stereocenters. The van der Waals surface area contributed by atoms with Crippen molar-refractivity contribution in [1.29, 1.82) is 0 Å². The molecule has 2 heterocycles. The molecule has 0 unspecified atom stereocenters. The Morgan fingerprint density at radius 2 is 2.25 bits per heavy atom. The quantitative estimate of drug-likeness (QED) is 0.936. The van der Waals surface area contributed by atoms with Crippen molar-refractivity contribution in [2.24, 2.45) is 0 Å². The van der Waals surface area contributed by atoms with Crippen molar-refractivity contribution in [2.75, 3.05) is 33.7 Å². The summed E-state index contributed by atoms with van der Waals surface area (Å²) in [6.07, 6.45) is 1.98. The lowest BCUT2D eigenvalue weighted by Crippen LogP contribution is -2.48. The number of carbonyl (C=O) groups excluding carboxylic acids is 1. The van der Waals surface area contributed by atoms with Gasteiger partial charge >= 0.3 is 6.03 Å². The van der Waals surface area contributed by atoms with Crippen molar-refractivity contribution >= 4 is 17.1 Å². The van der Waals surface area contributed by atoms with Gasteiger partial charge in [-0.1, -0.05) is 12.1 Å². The summed E-state index contributed by atoms with van der Waals surface area (Å²) in [7, 11) is 4.03. The van der Waals surface area contributed by atoms with Gasteiger partial charge in [0.2, 0.25) is 0 Å². The average Bonchev–Trinajstić information content (AvgIpc) is 3.03. The van der Waals surface area contributed by atoms with Crippen molar-refractivity contribution in [3.05, 3.63) is 30.2 Å². The maximum absolute atomic E-state index is 12.4. The molecule has 0 saturated carbocycles. The summed E-state index contributed by atoms with van der Waals surface area (Å²) in [5, 5.41) is 3.03. The highest BCUT2D eigenvalue weighted by Crippen LogP contribution is 2.28. The summed E-state index contributed by atoms with van der Waals surface area (Å²) in [4.78, 5) is 21.0. The van der Waals surface area contributed by atoms with Crippen LogP contribution in [0.5, 0.6) is 0 Å². The maximum Gasteiger partial charge on any atom is 0.317 e. The molecular formula is C18H26N4O2. The fraction of sp³-hybridized carbons (Fsp3) is 0.556. The minimum atomic E-state index is 0.00418. The van der Waals surface area contributed by atoms with Crippen LogP contribution < -0.4 is 5.32 Å². The van der Waals surface area contributed by atoms with Gasteiger partial charge in [-0.25, -0.2) is 9.78 Å². The number of fused-ring (bicyclic) bond motifs is 1. The van der Waals surface area contributed by atoms with E-state index in [9.17, 15) is 4.79 Å². The van der Waals surface area contributed by atoms with Gasteiger partial charge in [0.1, 0.15) is 5.52 Å². The van der Waals surface area contributed by atoms with Gasteiger partial charge < -0.3 is 19.5 Å². The van der Waals surface area contributed by atoms with Crippen LogP contribution in [0, 0.1) is 0 Å². The van der Waals surface area contributed by atoms with Gasteiger partial charge in [-0.2, -0.15) is 0 Å². The summed E-state index contributed by atoms with van der Waals surface area (Å²) in [6.45, 7) is 4.20. The number of hydrogen-bond donors (Lipinski definition) is 1. The number of oxazole rings is 1. The predicted molar refractivity (Wildman–Crippen MR) is 94.1 cm³/mol. The Morgan fingerprint density at radius 1 is 1.46 bits per heavy atom. The van der Waals surface area contributed by atoms with Crippen LogP contribution in [0.15, 0.2) is 28.7 Å². The normalized spacial score (nSPS) is 19.7. The number of rotatable bonds is 4. The number of likely N-dealkylation sites (tertiary alicyclic amines) is 1. The summed E-state index contributed by atoms with van der Waals surface area (Å²) in [6, 6.07) is 8.11. The first-order valence-electron chi connectivity index (χ1n) is 8.59. The fourth-order valence-electron chi connectivity index (χ4n) is 2.96. The van der Waals surface area contributed by atoms with Crippen molar-refractivity contribution in [3.8, 4) is 0 Å². The summed E-state index contributed by atoms with van der Waals surface area (Å²) < 4.78 is 5.89. The molecule has 1 aliphatic heterocycles. The number of benzene rings is 1. The molecule has 0 radical (unpaired) electrons. The topological polar surface area (TPSA) is 61.6 Å². The number of aromatic nitrogens is 1. The molecule has 0 bridgehead atoms. The molecule has 130 valence electrons. The zero-order valence-corrected chi connectivity index (χ0v) is 14.7. The number of likely N-dealkylation sites (N-methyl/N-ethyl adjacent to an activating group) is 1. The van der Waals surface area contributed by atoms with Crippen LogP contribution in [-0.4, -0.2) is 60.6 Å². The van der Waals surface area contributed by atoms with E-state index in [2.05, 4.69) is 22.1 Å². The van der Waals surface area contributed by atoms with Crippen molar-refractivity contribution in [2.45, 2.75) is 31.7 Å². The third kappa shape index (κ3) is 3.70. The Morgan fingerprint density at radius 3 is 3.00 bits per heavy atom. The average molecular weight is 330 g/mol. The van der Waals surface area contributed by atoms with Crippen LogP contribution >= 0.6 is 0 Å². The van der Waals surface area contributed by atoms with Crippen LogP contribution in [0.2, 0.25) is 0 Å². The van der Waals surface area contributed by atoms with Crippen LogP contribution in [0.4, 0.5) is 4.79 Å². The Hall–Kier alpha value is -2.08. The van der Waals surface area contributed by atoms with E-state index in [1.54, 1.807) is 0 Å². The standard InChI is InChI=1S/C18H26N4O2/c1-13(21(2)3)11-19-18(23)22-10-6-7-14(12-22)17-20-15-8-4-5-9-16(15)24-17/h4-5,8-9,13-14H,6-7,10-12H2,1-3H3,(H,19,23)/t13-,14-/m0/s1. The van der Waals surface area contributed by atoms with E-state index >= 15 is 0 Å². The predicted octanol–water partition coefficient (Wildman–Crippen LogP) is 2.67. The second kappa shape index (κ2) is 7.21. The molecule has 0 aliphatic carbocycles. The zero-order chi connectivity index (χ0) is 17.1. The number of amides is 2. The van der Waals surface area contributed by atoms with Crippen LogP contribution in [0.3, 0.4) is 0 Å². The van der Waals surface area contributed by atoms with Gasteiger partial charge in [0.15, 0.2) is 11.5 Å². The van der Waals surface area contributed by atoms with Gasteiger partial charge in [-0.15, -0.1) is 0 Å². The van der Waals surface area contributed by atoms with Gasteiger partial charge in [0, 0.05) is 25.7 Å². The minimum absolute atomic E-state index is 0.00418. The van der Waals surface area contributed by atoms with Crippen molar-refractivity contribution in [3.63, 3.8) is 0 Å². The molecule has 6 nitrogen and oxygen atoms in total. The number of hydrogen-bond acceptors (Lipinski definition) is 4. The molecule has 1 aromatic carbocycles. The SMILES string of the molecule is C[C@@H](CNC(=O)N1CCC[C@H](c2nc3ccccc3o2)C1)N(C)C. The minimum Gasteiger partial charge on any atom is -0.440 e. The Bertz CT molecular complexity index is 664. The lowest BCUT2D eigenvalue weighted by atomic mass is 9.98. The summed E-state index contributed by atoms with van der Waals surface area (Å²) >= 11 is 0. The Labute approximate surface area is 142 Å². The molecule has 1 fully saturated rings. The fourth-order valence-corrected chi connectivity index (χ4v) is 2.96. The molecule has 2 aromatic rings. The van der Waals surface area contributed by atoms with Gasteiger partial charge in [0.05, 0.1) is 5.92 Å². The molecule has 6 heteroatoms. The van der Waals surface area contributed by atoms with Gasteiger partial charge in [-0.05, 0) is 46.0 Å². The van der Waals surface area contributed by atoms with E-state index in [1.807, 2.05) is 43.3 Å². The highest BCUT2D eigenvalue weighted by Gasteiger charge is 2.28. The number of carbonyl (C=O) groups is 1. The second-order valence-electron chi connectivity index (χ2n) is 6.80. The van der Waals surface area contributed by atoms with Gasteiger partial charge in [0.25, 0.3) is 0 Å². The van der Waals surface area contributed by atoms with E-state index in [1.165, 1.54) is 0 Å². The van der Waals surface area contributed by atoms with E-state index in [4.69, 9.17) is 4.42 Å². The number of nitrogens with one attached hydrogen (secondary N) is 1. The lowest BCUT2D eigenvalue weighted by Gasteiger charge is -2.32. The molecule has 1 aliphatic rings. The van der Waals surface area contributed by atoms with E-state index in [-0.39, 0.29) is 11.9 Å². The van der Waals surface area contributed by atoms with E-state index < -0.39 is 0 Å². The Balaban J connectivity index is 1.62. The van der Waals surface area contributed by atoms with Crippen molar-refractivity contribution < 1.29 is 9.21 Å². The first-order valence-corrected chi connectivity index (χ1v) is 8.59. The van der Waals surface area contributed by atoms with Gasteiger partial charge in [-0.3, -0.25) is 0 Å². The number of nitrogens with zero attached hydrogens (tertiary/aromatic N) is 3. The number of piperidine rings is 1. The monoisotopic (exact) mass is 330 g/mol. The molecule has 1 N–H and O–H groups in total. The van der Waals surface area contributed by atoms with Crippen LogP contribution in [0.1, 0.15) is 31.6 Å². The summed E-state index contributed by atoms with van der Waals surface area (Å²) in [5.41, 5.74) is 1.70. The highest BCUT2D eigenvalue weighted by molar-refractivity contribution is 5.74. The molecule has 1 aromatic heterocycles. The molecule has 0 spiro atoms. The molecular weight excluding hydrogens is 304 g/mol. The lowest BCUT2D eigenvalue weighted by molar-refractivity contribution is 0.171. The van der Waals surface area contributed by atoms with Crippen molar-refractivity contribution in [1.82, 2.24) is 20.1 Å². The molecule has 1 saturated heterocycles. The van der Waals surface area contributed by atoms with E-state index in [0.29, 0.717) is 19.1 Å². The summed E-state index contributed by atoms with van der Waals surface area (Å²) in [5.74, 6) is 0.915. The third-order valence-corrected chi connectivity index (χ3v) is 4.80. The zero-order valence-electron chi connectivity index (χ0n) is 14.7. The molecule has 2 amide bonds. The number of urea groups is 1. The third-order valence-electron chi connectivity index (χ3n) is 4.80. The van der Waals surface area contributed by atoms with Crippen LogP contribution in [-0.2, 0) is 0 Å². The maximum atomic E-state index is 12.4. The second-order valence-corrected chi connectivity index (χ2v) is 6.80. The first-order chi connectivity index (χ1) is 11.5. The molecule has 3 rings (SSSR count). The van der Waals surface area contributed by atoms with E-state index in [0.717, 1.165) is 36.4 Å². The smallest absolute Gasteiger partial charge is 0.317 e. The largest absolute Gasteiger partial charge is 0.440 e. The molecule has 24 heavy (non-hydrogen) atoms. The highest BCUT2D eigenvalue weighted by atomic mass is 16.3. The first kappa shape index (κ1) is 16.8. The number of para-hydroxylation sites is 2. The Kier molecular flexibility index (Phi) is 5.04.